The Morgan fingerprint density at radius 3 is 2.52 bits per heavy atom. The zero-order valence-electron chi connectivity index (χ0n) is 13.3. The highest BCUT2D eigenvalue weighted by Crippen LogP contribution is 2.30. The minimum Gasteiger partial charge on any atom is -0.489 e. The van der Waals surface area contributed by atoms with Gasteiger partial charge in [0.15, 0.2) is 0 Å². The van der Waals surface area contributed by atoms with Crippen LogP contribution in [0.5, 0.6) is 5.75 Å². The fourth-order valence-corrected chi connectivity index (χ4v) is 1.58. The molecule has 0 spiro atoms. The molecule has 0 saturated heterocycles. The summed E-state index contributed by atoms with van der Waals surface area (Å²) in [5.41, 5.74) is 6.32. The minimum absolute atomic E-state index is 0.385. The predicted molar refractivity (Wildman–Crippen MR) is 82.9 cm³/mol. The first kappa shape index (κ1) is 17.1. The van der Waals surface area contributed by atoms with Gasteiger partial charge in [-0.1, -0.05) is 0 Å². The van der Waals surface area contributed by atoms with Crippen LogP contribution in [0.4, 0.5) is 16.2 Å². The number of hydrogen-bond acceptors (Lipinski definition) is 5. The molecule has 0 heterocycles. The summed E-state index contributed by atoms with van der Waals surface area (Å²) in [6.45, 7) is 6.28. The van der Waals surface area contributed by atoms with Gasteiger partial charge in [-0.05, 0) is 39.0 Å². The first-order valence-electron chi connectivity index (χ1n) is 6.72. The second kappa shape index (κ2) is 7.17. The van der Waals surface area contributed by atoms with Crippen molar-refractivity contribution in [1.29, 1.82) is 0 Å². The van der Waals surface area contributed by atoms with Crippen molar-refractivity contribution >= 4 is 17.5 Å². The number of carbonyl (C=O) groups excluding carboxylic acids is 1. The highest BCUT2D eigenvalue weighted by molar-refractivity contribution is 5.90. The van der Waals surface area contributed by atoms with E-state index in [0.29, 0.717) is 30.3 Å². The Morgan fingerprint density at radius 1 is 1.29 bits per heavy atom. The lowest BCUT2D eigenvalue weighted by atomic mass is 10.2. The van der Waals surface area contributed by atoms with Gasteiger partial charge in [-0.25, -0.2) is 4.79 Å². The number of methoxy groups -OCH3 is 1. The van der Waals surface area contributed by atoms with Crippen molar-refractivity contribution in [2.75, 3.05) is 38.0 Å². The summed E-state index contributed by atoms with van der Waals surface area (Å²) in [5.74, 6) is 0.551. The highest BCUT2D eigenvalue weighted by atomic mass is 16.6. The number of rotatable bonds is 5. The van der Waals surface area contributed by atoms with Crippen LogP contribution in [0.3, 0.4) is 0 Å². The van der Waals surface area contributed by atoms with E-state index >= 15 is 0 Å². The van der Waals surface area contributed by atoms with Crippen LogP contribution >= 0.6 is 0 Å². The van der Waals surface area contributed by atoms with Crippen LogP contribution in [0.15, 0.2) is 18.2 Å². The molecule has 2 N–H and O–H groups in total. The molecule has 0 bridgehead atoms. The molecule has 1 rings (SSSR count). The number of benzene rings is 1. The monoisotopic (exact) mass is 296 g/mol. The molecule has 0 radical (unpaired) electrons. The molecule has 0 unspecified atom stereocenters. The Hall–Kier alpha value is -1.95. The van der Waals surface area contributed by atoms with Crippen LogP contribution in [0, 0.1) is 0 Å². The van der Waals surface area contributed by atoms with Gasteiger partial charge in [-0.2, -0.15) is 0 Å². The van der Waals surface area contributed by atoms with Gasteiger partial charge in [0.2, 0.25) is 0 Å². The van der Waals surface area contributed by atoms with E-state index in [0.717, 1.165) is 0 Å². The normalized spacial score (nSPS) is 11.1. The lowest BCUT2D eigenvalue weighted by Crippen LogP contribution is -2.34. The van der Waals surface area contributed by atoms with Crippen LogP contribution in [0.25, 0.3) is 0 Å². The van der Waals surface area contributed by atoms with Crippen LogP contribution in [-0.2, 0) is 9.47 Å². The molecule has 0 fully saturated rings. The van der Waals surface area contributed by atoms with E-state index in [1.807, 2.05) is 20.8 Å². The second-order valence-electron chi connectivity index (χ2n) is 5.61. The average Bonchev–Trinajstić information content (AvgIpc) is 2.37. The van der Waals surface area contributed by atoms with E-state index in [2.05, 4.69) is 0 Å². The van der Waals surface area contributed by atoms with Gasteiger partial charge in [-0.3, -0.25) is 4.90 Å². The Balaban J connectivity index is 2.93. The molecule has 0 aliphatic heterocycles. The second-order valence-corrected chi connectivity index (χ2v) is 5.61. The molecule has 0 aromatic heterocycles. The zero-order valence-corrected chi connectivity index (χ0v) is 13.3. The topological polar surface area (TPSA) is 74.0 Å². The molecule has 6 heteroatoms. The number of anilines is 2. The average molecular weight is 296 g/mol. The Labute approximate surface area is 125 Å². The summed E-state index contributed by atoms with van der Waals surface area (Å²) in [5, 5.41) is 0. The SMILES string of the molecule is COCCOc1ccc(N)cc1N(C)C(=O)OC(C)(C)C. The van der Waals surface area contributed by atoms with Crippen LogP contribution < -0.4 is 15.4 Å². The molecule has 1 amide bonds. The van der Waals surface area contributed by atoms with E-state index < -0.39 is 11.7 Å². The predicted octanol–water partition coefficient (Wildman–Crippen LogP) is 2.67. The lowest BCUT2D eigenvalue weighted by molar-refractivity contribution is 0.0588. The molecule has 0 saturated carbocycles. The van der Waals surface area contributed by atoms with Gasteiger partial charge in [-0.15, -0.1) is 0 Å². The lowest BCUT2D eigenvalue weighted by Gasteiger charge is -2.26. The van der Waals surface area contributed by atoms with Crippen molar-refractivity contribution in [1.82, 2.24) is 0 Å². The van der Waals surface area contributed by atoms with Crippen molar-refractivity contribution in [3.05, 3.63) is 18.2 Å². The molecule has 0 atom stereocenters. The molecule has 1 aromatic carbocycles. The molecule has 1 aromatic rings. The summed E-state index contributed by atoms with van der Waals surface area (Å²) in [4.78, 5) is 13.5. The van der Waals surface area contributed by atoms with Crippen molar-refractivity contribution in [3.8, 4) is 5.75 Å². The zero-order chi connectivity index (χ0) is 16.0. The van der Waals surface area contributed by atoms with Crippen LogP contribution in [0.2, 0.25) is 0 Å². The van der Waals surface area contributed by atoms with Gasteiger partial charge in [0.05, 0.1) is 12.3 Å². The number of amides is 1. The maximum atomic E-state index is 12.1. The van der Waals surface area contributed by atoms with Gasteiger partial charge >= 0.3 is 6.09 Å². The third-order valence-electron chi connectivity index (χ3n) is 2.56. The summed E-state index contributed by atoms with van der Waals surface area (Å²) in [7, 11) is 3.21. The smallest absolute Gasteiger partial charge is 0.414 e. The van der Waals surface area contributed by atoms with E-state index in [1.54, 1.807) is 32.4 Å². The fourth-order valence-electron chi connectivity index (χ4n) is 1.58. The fraction of sp³-hybridized carbons (Fsp3) is 0.533. The standard InChI is InChI=1S/C15H24N2O4/c1-15(2,3)21-14(18)17(4)12-10-11(16)6-7-13(12)20-9-8-19-5/h6-7,10H,8-9,16H2,1-5H3. The first-order valence-corrected chi connectivity index (χ1v) is 6.72. The number of hydrogen-bond donors (Lipinski definition) is 1. The van der Waals surface area contributed by atoms with Crippen molar-refractivity contribution < 1.29 is 19.0 Å². The summed E-state index contributed by atoms with van der Waals surface area (Å²) in [6, 6.07) is 5.11. The maximum absolute atomic E-state index is 12.1. The number of nitrogens with two attached hydrogens (primary N) is 1. The highest BCUT2D eigenvalue weighted by Gasteiger charge is 2.22. The van der Waals surface area contributed by atoms with E-state index in [4.69, 9.17) is 19.9 Å². The number of ether oxygens (including phenoxy) is 3. The van der Waals surface area contributed by atoms with Crippen LogP contribution in [-0.4, -0.2) is 39.1 Å². The molecular formula is C15H24N2O4. The molecule has 21 heavy (non-hydrogen) atoms. The summed E-state index contributed by atoms with van der Waals surface area (Å²) < 4.78 is 15.9. The molecule has 0 aliphatic rings. The maximum Gasteiger partial charge on any atom is 0.414 e. The van der Waals surface area contributed by atoms with E-state index in [1.165, 1.54) is 4.90 Å². The van der Waals surface area contributed by atoms with Crippen LogP contribution in [0.1, 0.15) is 20.8 Å². The van der Waals surface area contributed by atoms with Gasteiger partial charge in [0.1, 0.15) is 18.0 Å². The van der Waals surface area contributed by atoms with Crippen molar-refractivity contribution in [3.63, 3.8) is 0 Å². The number of nitrogen functional groups attached to an aromatic ring is 1. The third kappa shape index (κ3) is 5.51. The molecule has 118 valence electrons. The first-order chi connectivity index (χ1) is 9.74. The van der Waals surface area contributed by atoms with Gasteiger partial charge < -0.3 is 19.9 Å². The van der Waals surface area contributed by atoms with E-state index in [9.17, 15) is 4.79 Å². The Morgan fingerprint density at radius 2 is 1.95 bits per heavy atom. The largest absolute Gasteiger partial charge is 0.489 e. The Kier molecular flexibility index (Phi) is 5.84. The number of nitrogens with zero attached hydrogens (tertiary/aromatic N) is 1. The molecule has 0 aliphatic carbocycles. The summed E-state index contributed by atoms with van der Waals surface area (Å²) in [6.07, 6.45) is -0.468. The van der Waals surface area contributed by atoms with Gasteiger partial charge in [0.25, 0.3) is 0 Å². The number of carbonyl (C=O) groups is 1. The molecule has 6 nitrogen and oxygen atoms in total. The molecular weight excluding hydrogens is 272 g/mol. The van der Waals surface area contributed by atoms with E-state index in [-0.39, 0.29) is 0 Å². The quantitative estimate of drug-likeness (QED) is 0.668. The third-order valence-corrected chi connectivity index (χ3v) is 2.56. The Bertz CT molecular complexity index is 483. The minimum atomic E-state index is -0.567. The van der Waals surface area contributed by atoms with Crippen molar-refractivity contribution in [2.45, 2.75) is 26.4 Å². The summed E-state index contributed by atoms with van der Waals surface area (Å²) >= 11 is 0. The van der Waals surface area contributed by atoms with Gasteiger partial charge in [0, 0.05) is 19.8 Å². The van der Waals surface area contributed by atoms with Crippen molar-refractivity contribution in [2.24, 2.45) is 0 Å².